The zero-order valence-corrected chi connectivity index (χ0v) is 12.7. The molecule has 1 N–H and O–H groups in total. The van der Waals surface area contributed by atoms with Crippen molar-refractivity contribution in [3.63, 3.8) is 0 Å². The second-order valence-corrected chi connectivity index (χ2v) is 7.88. The Morgan fingerprint density at radius 3 is 2.76 bits per heavy atom. The maximum absolute atomic E-state index is 12.4. The number of fused-ring (bicyclic) bond motifs is 5. The number of hydrogen-bond acceptors (Lipinski definition) is 3. The van der Waals surface area contributed by atoms with Gasteiger partial charge in [0, 0.05) is 11.8 Å². The standard InChI is InChI=1S/C18H24O3/c1-18-7-6-13-12-5-3-11(19)8-10(12)2-4-14(13)15(18)9-16(20)17(18)21/h8,12-16,20H,2-7,9H2,1H3/t12-,13-,14-,15+,16?,18+/m1/s1. The Balaban J connectivity index is 1.65. The van der Waals surface area contributed by atoms with Gasteiger partial charge in [-0.25, -0.2) is 0 Å². The molecule has 3 fully saturated rings. The number of aliphatic hydroxyl groups excluding tert-OH is 1. The van der Waals surface area contributed by atoms with Crippen LogP contribution in [0.3, 0.4) is 0 Å². The van der Waals surface area contributed by atoms with E-state index >= 15 is 0 Å². The number of carbonyl (C=O) groups is 2. The quantitative estimate of drug-likeness (QED) is 0.745. The SMILES string of the molecule is C[C@]12CC[C@H]3[C@@H](CCC4=CC(=O)CC[C@H]43)[C@@H]1CC(O)C2=O. The van der Waals surface area contributed by atoms with Gasteiger partial charge in [0.2, 0.25) is 0 Å². The first-order chi connectivity index (χ1) is 10.0. The lowest BCUT2D eigenvalue weighted by molar-refractivity contribution is -0.136. The second kappa shape index (κ2) is 4.52. The van der Waals surface area contributed by atoms with Crippen LogP contribution in [0, 0.1) is 29.1 Å². The number of allylic oxidation sites excluding steroid dienone is 1. The minimum absolute atomic E-state index is 0.0890. The highest BCUT2D eigenvalue weighted by atomic mass is 16.3. The van der Waals surface area contributed by atoms with Gasteiger partial charge < -0.3 is 5.11 Å². The number of carbonyl (C=O) groups excluding carboxylic acids is 2. The summed E-state index contributed by atoms with van der Waals surface area (Å²) in [5, 5.41) is 10.0. The van der Waals surface area contributed by atoms with E-state index in [2.05, 4.69) is 6.92 Å². The molecule has 114 valence electrons. The first kappa shape index (κ1) is 13.7. The molecule has 0 radical (unpaired) electrons. The minimum Gasteiger partial charge on any atom is -0.385 e. The summed E-state index contributed by atoms with van der Waals surface area (Å²) in [7, 11) is 0. The van der Waals surface area contributed by atoms with Gasteiger partial charge in [-0.2, -0.15) is 0 Å². The second-order valence-electron chi connectivity index (χ2n) is 7.88. The molecule has 0 amide bonds. The first-order valence-electron chi connectivity index (χ1n) is 8.46. The number of ketones is 2. The molecular weight excluding hydrogens is 264 g/mol. The first-order valence-corrected chi connectivity index (χ1v) is 8.46. The number of hydrogen-bond donors (Lipinski definition) is 1. The van der Waals surface area contributed by atoms with Crippen molar-refractivity contribution in [3.05, 3.63) is 11.6 Å². The molecule has 0 heterocycles. The van der Waals surface area contributed by atoms with Gasteiger partial charge in [0.15, 0.2) is 11.6 Å². The van der Waals surface area contributed by atoms with Crippen molar-refractivity contribution in [2.75, 3.05) is 0 Å². The summed E-state index contributed by atoms with van der Waals surface area (Å²) in [6.45, 7) is 2.09. The monoisotopic (exact) mass is 288 g/mol. The summed E-state index contributed by atoms with van der Waals surface area (Å²) in [6, 6.07) is 0. The zero-order valence-electron chi connectivity index (χ0n) is 12.7. The van der Waals surface area contributed by atoms with E-state index < -0.39 is 6.10 Å². The van der Waals surface area contributed by atoms with E-state index in [1.54, 1.807) is 0 Å². The van der Waals surface area contributed by atoms with Gasteiger partial charge in [-0.05, 0) is 68.3 Å². The molecule has 6 atom stereocenters. The molecule has 0 aliphatic heterocycles. The van der Waals surface area contributed by atoms with E-state index in [1.165, 1.54) is 5.57 Å². The highest BCUT2D eigenvalue weighted by molar-refractivity contribution is 5.92. The van der Waals surface area contributed by atoms with Crippen molar-refractivity contribution in [1.82, 2.24) is 0 Å². The van der Waals surface area contributed by atoms with Crippen LogP contribution in [0.25, 0.3) is 0 Å². The maximum Gasteiger partial charge on any atom is 0.167 e. The Morgan fingerprint density at radius 1 is 1.14 bits per heavy atom. The maximum atomic E-state index is 12.4. The van der Waals surface area contributed by atoms with E-state index in [-0.39, 0.29) is 11.2 Å². The topological polar surface area (TPSA) is 54.4 Å². The van der Waals surface area contributed by atoms with E-state index in [0.717, 1.165) is 32.1 Å². The van der Waals surface area contributed by atoms with Crippen LogP contribution >= 0.6 is 0 Å². The summed E-state index contributed by atoms with van der Waals surface area (Å²) in [6.07, 6.45) is 7.68. The average Bonchev–Trinajstić information content (AvgIpc) is 2.70. The Labute approximate surface area is 125 Å². The van der Waals surface area contributed by atoms with Crippen LogP contribution in [-0.2, 0) is 9.59 Å². The van der Waals surface area contributed by atoms with Gasteiger partial charge in [-0.1, -0.05) is 12.5 Å². The fraction of sp³-hybridized carbons (Fsp3) is 0.778. The van der Waals surface area contributed by atoms with E-state index in [9.17, 15) is 14.7 Å². The third-order valence-electron chi connectivity index (χ3n) is 7.03. The normalized spacial score (nSPS) is 49.2. The van der Waals surface area contributed by atoms with E-state index in [4.69, 9.17) is 0 Å². The summed E-state index contributed by atoms with van der Waals surface area (Å²) in [5.74, 6) is 2.52. The minimum atomic E-state index is -0.733. The largest absolute Gasteiger partial charge is 0.385 e. The Morgan fingerprint density at radius 2 is 1.95 bits per heavy atom. The molecule has 0 aromatic carbocycles. The van der Waals surface area contributed by atoms with Crippen LogP contribution in [0.15, 0.2) is 11.6 Å². The molecule has 3 nitrogen and oxygen atoms in total. The van der Waals surface area contributed by atoms with Gasteiger partial charge in [-0.3, -0.25) is 9.59 Å². The molecular formula is C18H24O3. The van der Waals surface area contributed by atoms with Crippen LogP contribution in [0.4, 0.5) is 0 Å². The van der Waals surface area contributed by atoms with Crippen LogP contribution in [0.1, 0.15) is 51.9 Å². The summed E-state index contributed by atoms with van der Waals surface area (Å²) >= 11 is 0. The highest BCUT2D eigenvalue weighted by Crippen LogP contribution is 2.60. The van der Waals surface area contributed by atoms with Crippen LogP contribution in [0.2, 0.25) is 0 Å². The van der Waals surface area contributed by atoms with E-state index in [0.29, 0.717) is 42.3 Å². The van der Waals surface area contributed by atoms with Crippen molar-refractivity contribution in [3.8, 4) is 0 Å². The molecule has 0 aromatic heterocycles. The van der Waals surface area contributed by atoms with Crippen molar-refractivity contribution >= 4 is 11.6 Å². The smallest absolute Gasteiger partial charge is 0.167 e. The van der Waals surface area contributed by atoms with Crippen molar-refractivity contribution in [2.24, 2.45) is 29.1 Å². The van der Waals surface area contributed by atoms with Crippen molar-refractivity contribution in [2.45, 2.75) is 58.0 Å². The lowest BCUT2D eigenvalue weighted by Crippen LogP contribution is -2.46. The molecule has 0 aromatic rings. The molecule has 4 aliphatic carbocycles. The van der Waals surface area contributed by atoms with Crippen molar-refractivity contribution < 1.29 is 14.7 Å². The Hall–Kier alpha value is -0.960. The molecule has 1 unspecified atom stereocenters. The fourth-order valence-corrected chi connectivity index (χ4v) is 5.97. The summed E-state index contributed by atoms with van der Waals surface area (Å²) < 4.78 is 0. The predicted molar refractivity (Wildman–Crippen MR) is 78.5 cm³/mol. The average molecular weight is 288 g/mol. The van der Waals surface area contributed by atoms with Gasteiger partial charge in [0.05, 0.1) is 0 Å². The predicted octanol–water partition coefficient (Wildman–Crippen LogP) is 2.67. The number of Topliss-reactive ketones (excluding diaryl/α,β-unsaturated/α-hetero) is 1. The number of rotatable bonds is 0. The zero-order chi connectivity index (χ0) is 14.8. The Kier molecular flexibility index (Phi) is 2.94. The molecule has 21 heavy (non-hydrogen) atoms. The van der Waals surface area contributed by atoms with Gasteiger partial charge in [-0.15, -0.1) is 0 Å². The van der Waals surface area contributed by atoms with Crippen LogP contribution in [-0.4, -0.2) is 22.8 Å². The molecule has 0 spiro atoms. The highest BCUT2D eigenvalue weighted by Gasteiger charge is 2.58. The Bertz CT molecular complexity index is 535. The van der Waals surface area contributed by atoms with Crippen LogP contribution < -0.4 is 0 Å². The van der Waals surface area contributed by atoms with Crippen molar-refractivity contribution in [1.29, 1.82) is 0 Å². The van der Waals surface area contributed by atoms with E-state index in [1.807, 2.05) is 6.08 Å². The molecule has 0 saturated heterocycles. The lowest BCUT2D eigenvalue weighted by Gasteiger charge is -2.51. The molecule has 4 aliphatic rings. The number of aliphatic hydroxyl groups is 1. The molecule has 3 saturated carbocycles. The molecule has 0 bridgehead atoms. The molecule has 4 rings (SSSR count). The summed E-state index contributed by atoms with van der Waals surface area (Å²) in [5.41, 5.74) is 1.09. The fourth-order valence-electron chi connectivity index (χ4n) is 5.97. The summed E-state index contributed by atoms with van der Waals surface area (Å²) in [4.78, 5) is 24.0. The third-order valence-corrected chi connectivity index (χ3v) is 7.03. The van der Waals surface area contributed by atoms with Gasteiger partial charge in [0.25, 0.3) is 0 Å². The van der Waals surface area contributed by atoms with Gasteiger partial charge >= 0.3 is 0 Å². The third kappa shape index (κ3) is 1.82. The van der Waals surface area contributed by atoms with Crippen LogP contribution in [0.5, 0.6) is 0 Å². The lowest BCUT2D eigenvalue weighted by atomic mass is 9.52. The van der Waals surface area contributed by atoms with Gasteiger partial charge in [0.1, 0.15) is 6.10 Å². The molecule has 3 heteroatoms.